The smallest absolute Gasteiger partial charge is 0.256 e. The van der Waals surface area contributed by atoms with Gasteiger partial charge in [-0.1, -0.05) is 12.1 Å². The van der Waals surface area contributed by atoms with Crippen LogP contribution in [0.25, 0.3) is 0 Å². The third kappa shape index (κ3) is 2.82. The molecule has 120 valence electrons. The van der Waals surface area contributed by atoms with Crippen LogP contribution in [0.1, 0.15) is 21.5 Å². The largest absolute Gasteiger partial charge is 0.493 e. The van der Waals surface area contributed by atoms with Crippen molar-refractivity contribution in [1.82, 2.24) is 4.90 Å². The standard InChI is InChI=1S/C18H20N2O3/c1-22-16-9-12-7-8-20(11-13(12)10-17(16)23-2)18(21)14-5-3-4-6-15(14)19/h3-6,9-10H,7-8,11,19H2,1-2H3. The van der Waals surface area contributed by atoms with Crippen LogP contribution in [-0.2, 0) is 13.0 Å². The van der Waals surface area contributed by atoms with E-state index in [4.69, 9.17) is 15.2 Å². The second kappa shape index (κ2) is 6.20. The molecule has 0 aromatic heterocycles. The lowest BCUT2D eigenvalue weighted by atomic mass is 9.98. The summed E-state index contributed by atoms with van der Waals surface area (Å²) in [7, 11) is 3.24. The van der Waals surface area contributed by atoms with E-state index in [1.807, 2.05) is 29.2 Å². The van der Waals surface area contributed by atoms with E-state index in [-0.39, 0.29) is 5.91 Å². The molecule has 0 saturated heterocycles. The molecule has 0 bridgehead atoms. The first kappa shape index (κ1) is 15.2. The fraction of sp³-hybridized carbons (Fsp3) is 0.278. The molecule has 1 aliphatic heterocycles. The topological polar surface area (TPSA) is 64.8 Å². The highest BCUT2D eigenvalue weighted by molar-refractivity contribution is 5.99. The van der Waals surface area contributed by atoms with Crippen molar-refractivity contribution in [2.24, 2.45) is 0 Å². The van der Waals surface area contributed by atoms with Gasteiger partial charge in [-0.2, -0.15) is 0 Å². The summed E-state index contributed by atoms with van der Waals surface area (Å²) in [5, 5.41) is 0. The van der Waals surface area contributed by atoms with Crippen molar-refractivity contribution in [2.75, 3.05) is 26.5 Å². The molecule has 1 aliphatic rings. The predicted molar refractivity (Wildman–Crippen MR) is 88.8 cm³/mol. The first-order valence-corrected chi connectivity index (χ1v) is 7.51. The summed E-state index contributed by atoms with van der Waals surface area (Å²) in [6, 6.07) is 11.1. The number of amides is 1. The monoisotopic (exact) mass is 312 g/mol. The molecule has 0 aliphatic carbocycles. The minimum Gasteiger partial charge on any atom is -0.493 e. The van der Waals surface area contributed by atoms with Crippen LogP contribution in [0.2, 0.25) is 0 Å². The number of para-hydroxylation sites is 1. The molecule has 0 radical (unpaired) electrons. The maximum Gasteiger partial charge on any atom is 0.256 e. The number of benzene rings is 2. The second-order valence-electron chi connectivity index (χ2n) is 5.54. The van der Waals surface area contributed by atoms with Gasteiger partial charge < -0.3 is 20.1 Å². The molecule has 0 fully saturated rings. The average molecular weight is 312 g/mol. The van der Waals surface area contributed by atoms with Gasteiger partial charge >= 0.3 is 0 Å². The SMILES string of the molecule is COc1cc2c(cc1OC)CN(C(=O)c1ccccc1N)CC2. The Kier molecular flexibility index (Phi) is 4.10. The van der Waals surface area contributed by atoms with Gasteiger partial charge in [0.1, 0.15) is 0 Å². The zero-order valence-corrected chi connectivity index (χ0v) is 13.3. The molecule has 5 nitrogen and oxygen atoms in total. The van der Waals surface area contributed by atoms with Crippen LogP contribution in [0.4, 0.5) is 5.69 Å². The number of methoxy groups -OCH3 is 2. The highest BCUT2D eigenvalue weighted by atomic mass is 16.5. The Morgan fingerprint density at radius 3 is 2.39 bits per heavy atom. The Bertz CT molecular complexity index is 743. The number of nitrogens with zero attached hydrogens (tertiary/aromatic N) is 1. The number of carbonyl (C=O) groups excluding carboxylic acids is 1. The summed E-state index contributed by atoms with van der Waals surface area (Å²) < 4.78 is 10.7. The minimum atomic E-state index is -0.0384. The molecule has 0 unspecified atom stereocenters. The van der Waals surface area contributed by atoms with Crippen molar-refractivity contribution in [3.8, 4) is 11.5 Å². The van der Waals surface area contributed by atoms with Gasteiger partial charge in [0.25, 0.3) is 5.91 Å². The van der Waals surface area contributed by atoms with Crippen LogP contribution in [0.5, 0.6) is 11.5 Å². The van der Waals surface area contributed by atoms with Gasteiger partial charge in [0.05, 0.1) is 19.8 Å². The lowest BCUT2D eigenvalue weighted by Crippen LogP contribution is -2.36. The predicted octanol–water partition coefficient (Wildman–Crippen LogP) is 2.48. The molecule has 0 saturated carbocycles. The molecule has 23 heavy (non-hydrogen) atoms. The summed E-state index contributed by atoms with van der Waals surface area (Å²) in [5.41, 5.74) is 9.25. The average Bonchev–Trinajstić information content (AvgIpc) is 2.59. The first-order valence-electron chi connectivity index (χ1n) is 7.51. The molecular weight excluding hydrogens is 292 g/mol. The third-order valence-electron chi connectivity index (χ3n) is 4.20. The highest BCUT2D eigenvalue weighted by Gasteiger charge is 2.24. The van der Waals surface area contributed by atoms with Crippen LogP contribution in [0.3, 0.4) is 0 Å². The fourth-order valence-electron chi connectivity index (χ4n) is 2.92. The van der Waals surface area contributed by atoms with Crippen molar-refractivity contribution in [1.29, 1.82) is 0 Å². The number of fused-ring (bicyclic) bond motifs is 1. The van der Waals surface area contributed by atoms with Crippen molar-refractivity contribution in [2.45, 2.75) is 13.0 Å². The highest BCUT2D eigenvalue weighted by Crippen LogP contribution is 2.33. The van der Waals surface area contributed by atoms with E-state index in [1.165, 1.54) is 5.56 Å². The molecule has 2 N–H and O–H groups in total. The van der Waals surface area contributed by atoms with Crippen LogP contribution in [-0.4, -0.2) is 31.6 Å². The lowest BCUT2D eigenvalue weighted by Gasteiger charge is -2.30. The summed E-state index contributed by atoms with van der Waals surface area (Å²) in [5.74, 6) is 1.36. The summed E-state index contributed by atoms with van der Waals surface area (Å²) in [4.78, 5) is 14.5. The van der Waals surface area contributed by atoms with Crippen LogP contribution >= 0.6 is 0 Å². The molecule has 2 aromatic rings. The Hall–Kier alpha value is -2.69. The van der Waals surface area contributed by atoms with E-state index in [9.17, 15) is 4.79 Å². The Morgan fingerprint density at radius 1 is 1.09 bits per heavy atom. The molecular formula is C18H20N2O3. The van der Waals surface area contributed by atoms with E-state index in [2.05, 4.69) is 0 Å². The zero-order valence-electron chi connectivity index (χ0n) is 13.3. The molecule has 1 amide bonds. The van der Waals surface area contributed by atoms with Crippen LogP contribution in [0, 0.1) is 0 Å². The maximum absolute atomic E-state index is 12.7. The van der Waals surface area contributed by atoms with Gasteiger partial charge in [0.2, 0.25) is 0 Å². The van der Waals surface area contributed by atoms with E-state index >= 15 is 0 Å². The molecule has 3 rings (SSSR count). The van der Waals surface area contributed by atoms with Gasteiger partial charge in [-0.3, -0.25) is 4.79 Å². The van der Waals surface area contributed by atoms with Gasteiger partial charge in [-0.25, -0.2) is 0 Å². The quantitative estimate of drug-likeness (QED) is 0.884. The lowest BCUT2D eigenvalue weighted by molar-refractivity contribution is 0.0735. The Labute approximate surface area is 135 Å². The number of ether oxygens (including phenoxy) is 2. The maximum atomic E-state index is 12.7. The van der Waals surface area contributed by atoms with Gasteiger partial charge in [0, 0.05) is 18.8 Å². The number of nitrogen functional groups attached to an aromatic ring is 1. The third-order valence-corrected chi connectivity index (χ3v) is 4.20. The van der Waals surface area contributed by atoms with E-state index in [1.54, 1.807) is 26.4 Å². The zero-order chi connectivity index (χ0) is 16.4. The Morgan fingerprint density at radius 2 is 1.74 bits per heavy atom. The number of anilines is 1. The summed E-state index contributed by atoms with van der Waals surface area (Å²) in [6.07, 6.45) is 0.786. The number of hydrogen-bond acceptors (Lipinski definition) is 4. The van der Waals surface area contributed by atoms with Crippen LogP contribution < -0.4 is 15.2 Å². The minimum absolute atomic E-state index is 0.0384. The molecule has 0 spiro atoms. The molecule has 1 heterocycles. The Balaban J connectivity index is 1.88. The van der Waals surface area contributed by atoms with Crippen molar-refractivity contribution >= 4 is 11.6 Å². The van der Waals surface area contributed by atoms with Crippen molar-refractivity contribution in [3.63, 3.8) is 0 Å². The molecule has 5 heteroatoms. The van der Waals surface area contributed by atoms with E-state index < -0.39 is 0 Å². The van der Waals surface area contributed by atoms with E-state index in [0.717, 1.165) is 17.7 Å². The van der Waals surface area contributed by atoms with Gasteiger partial charge in [0.15, 0.2) is 11.5 Å². The van der Waals surface area contributed by atoms with Crippen molar-refractivity contribution < 1.29 is 14.3 Å². The number of hydrogen-bond donors (Lipinski definition) is 1. The van der Waals surface area contributed by atoms with Crippen LogP contribution in [0.15, 0.2) is 36.4 Å². The number of carbonyl (C=O) groups is 1. The number of rotatable bonds is 3. The summed E-state index contributed by atoms with van der Waals surface area (Å²) >= 11 is 0. The van der Waals surface area contributed by atoms with E-state index in [0.29, 0.717) is 30.1 Å². The van der Waals surface area contributed by atoms with Crippen molar-refractivity contribution in [3.05, 3.63) is 53.1 Å². The summed E-state index contributed by atoms with van der Waals surface area (Å²) in [6.45, 7) is 1.21. The number of nitrogens with two attached hydrogens (primary N) is 1. The van der Waals surface area contributed by atoms with Gasteiger partial charge in [-0.05, 0) is 41.8 Å². The van der Waals surface area contributed by atoms with Gasteiger partial charge in [-0.15, -0.1) is 0 Å². The normalized spacial score (nSPS) is 13.4. The fourth-order valence-corrected chi connectivity index (χ4v) is 2.92. The second-order valence-corrected chi connectivity index (χ2v) is 5.54. The molecule has 0 atom stereocenters. The molecule has 2 aromatic carbocycles. The first-order chi connectivity index (χ1) is 11.1.